The average molecular weight is 247 g/mol. The molecular formula is C14H18FN3. The first-order chi connectivity index (χ1) is 8.60. The van der Waals surface area contributed by atoms with Crippen LogP contribution in [0, 0.1) is 19.7 Å². The predicted molar refractivity (Wildman–Crippen MR) is 70.0 cm³/mol. The van der Waals surface area contributed by atoms with Gasteiger partial charge in [-0.2, -0.15) is 5.10 Å². The largest absolute Gasteiger partial charge is 0.316 e. The third-order valence-electron chi connectivity index (χ3n) is 3.06. The first-order valence-corrected chi connectivity index (χ1v) is 6.02. The van der Waals surface area contributed by atoms with Crippen molar-refractivity contribution in [2.45, 2.75) is 26.9 Å². The number of benzene rings is 1. The average Bonchev–Trinajstić information content (AvgIpc) is 2.65. The Bertz CT molecular complexity index is 546. The van der Waals surface area contributed by atoms with Crippen molar-refractivity contribution in [3.05, 3.63) is 52.6 Å². The summed E-state index contributed by atoms with van der Waals surface area (Å²) >= 11 is 0. The maximum Gasteiger partial charge on any atom is 0.123 e. The molecule has 3 nitrogen and oxygen atoms in total. The molecule has 0 aliphatic heterocycles. The summed E-state index contributed by atoms with van der Waals surface area (Å²) < 4.78 is 15.1. The van der Waals surface area contributed by atoms with Crippen LogP contribution in [0.3, 0.4) is 0 Å². The summed E-state index contributed by atoms with van der Waals surface area (Å²) in [6.45, 7) is 5.38. The molecule has 2 aromatic rings. The molecule has 0 fully saturated rings. The Morgan fingerprint density at radius 2 is 2.06 bits per heavy atom. The van der Waals surface area contributed by atoms with E-state index in [1.807, 2.05) is 31.8 Å². The monoisotopic (exact) mass is 247 g/mol. The van der Waals surface area contributed by atoms with E-state index < -0.39 is 0 Å². The Morgan fingerprint density at radius 1 is 1.28 bits per heavy atom. The molecule has 96 valence electrons. The van der Waals surface area contributed by atoms with Gasteiger partial charge in [0, 0.05) is 18.3 Å². The number of hydrogen-bond donors (Lipinski definition) is 1. The second-order valence-electron chi connectivity index (χ2n) is 4.54. The highest BCUT2D eigenvalue weighted by Crippen LogP contribution is 2.13. The third kappa shape index (κ3) is 2.76. The molecule has 18 heavy (non-hydrogen) atoms. The van der Waals surface area contributed by atoms with Gasteiger partial charge in [-0.15, -0.1) is 0 Å². The van der Waals surface area contributed by atoms with E-state index in [-0.39, 0.29) is 5.82 Å². The number of aromatic nitrogens is 2. The summed E-state index contributed by atoms with van der Waals surface area (Å²) in [7, 11) is 1.91. The molecule has 2 rings (SSSR count). The van der Waals surface area contributed by atoms with Gasteiger partial charge in [0.15, 0.2) is 0 Å². The van der Waals surface area contributed by atoms with Gasteiger partial charge in [-0.25, -0.2) is 4.39 Å². The molecule has 0 atom stereocenters. The van der Waals surface area contributed by atoms with Gasteiger partial charge in [0.1, 0.15) is 5.82 Å². The second-order valence-corrected chi connectivity index (χ2v) is 4.54. The van der Waals surface area contributed by atoms with Crippen molar-refractivity contribution in [3.8, 4) is 0 Å². The number of nitrogens with zero attached hydrogens (tertiary/aromatic N) is 2. The molecule has 0 radical (unpaired) electrons. The van der Waals surface area contributed by atoms with Crippen molar-refractivity contribution >= 4 is 0 Å². The maximum atomic E-state index is 13.2. The van der Waals surface area contributed by atoms with Crippen LogP contribution in [-0.2, 0) is 13.1 Å². The smallest absolute Gasteiger partial charge is 0.123 e. The van der Waals surface area contributed by atoms with Crippen LogP contribution in [0.25, 0.3) is 0 Å². The summed E-state index contributed by atoms with van der Waals surface area (Å²) in [4.78, 5) is 0. The molecule has 0 saturated carbocycles. The molecule has 1 aromatic carbocycles. The van der Waals surface area contributed by atoms with Crippen LogP contribution >= 0.6 is 0 Å². The molecule has 1 aromatic heterocycles. The van der Waals surface area contributed by atoms with Crippen LogP contribution in [-0.4, -0.2) is 16.8 Å². The van der Waals surface area contributed by atoms with Gasteiger partial charge >= 0.3 is 0 Å². The first-order valence-electron chi connectivity index (χ1n) is 6.02. The summed E-state index contributed by atoms with van der Waals surface area (Å²) in [5.74, 6) is -0.199. The summed E-state index contributed by atoms with van der Waals surface area (Å²) in [5, 5.41) is 7.56. The van der Waals surface area contributed by atoms with Crippen molar-refractivity contribution in [2.24, 2.45) is 0 Å². The highest BCUT2D eigenvalue weighted by molar-refractivity contribution is 5.27. The van der Waals surface area contributed by atoms with E-state index in [1.54, 1.807) is 12.1 Å². The lowest BCUT2D eigenvalue weighted by atomic mass is 10.1. The lowest BCUT2D eigenvalue weighted by Gasteiger charge is -2.06. The Labute approximate surface area is 107 Å². The molecule has 0 aliphatic rings. The fraction of sp³-hybridized carbons (Fsp3) is 0.357. The minimum atomic E-state index is -0.199. The van der Waals surface area contributed by atoms with E-state index in [0.29, 0.717) is 6.54 Å². The highest BCUT2D eigenvalue weighted by atomic mass is 19.1. The minimum absolute atomic E-state index is 0.199. The van der Waals surface area contributed by atoms with Gasteiger partial charge < -0.3 is 5.32 Å². The van der Waals surface area contributed by atoms with Crippen LogP contribution in [0.2, 0.25) is 0 Å². The van der Waals surface area contributed by atoms with Crippen molar-refractivity contribution in [1.29, 1.82) is 0 Å². The number of halogens is 1. The van der Waals surface area contributed by atoms with Gasteiger partial charge in [-0.3, -0.25) is 4.68 Å². The first kappa shape index (κ1) is 12.8. The van der Waals surface area contributed by atoms with E-state index in [0.717, 1.165) is 23.4 Å². The number of hydrogen-bond acceptors (Lipinski definition) is 2. The Morgan fingerprint density at radius 3 is 2.78 bits per heavy atom. The SMILES string of the molecule is CNCc1cn(Cc2cc(F)ccc2C)nc1C. The zero-order chi connectivity index (χ0) is 13.1. The second kappa shape index (κ2) is 5.31. The van der Waals surface area contributed by atoms with Gasteiger partial charge in [-0.1, -0.05) is 6.07 Å². The third-order valence-corrected chi connectivity index (χ3v) is 3.06. The highest BCUT2D eigenvalue weighted by Gasteiger charge is 2.06. The van der Waals surface area contributed by atoms with E-state index in [2.05, 4.69) is 10.4 Å². The van der Waals surface area contributed by atoms with Gasteiger partial charge in [0.05, 0.1) is 12.2 Å². The van der Waals surface area contributed by atoms with Crippen LogP contribution < -0.4 is 5.32 Å². The quantitative estimate of drug-likeness (QED) is 0.899. The van der Waals surface area contributed by atoms with Gasteiger partial charge in [0.25, 0.3) is 0 Å². The molecule has 0 aliphatic carbocycles. The Balaban J connectivity index is 2.23. The van der Waals surface area contributed by atoms with Crippen molar-refractivity contribution in [1.82, 2.24) is 15.1 Å². The van der Waals surface area contributed by atoms with Gasteiger partial charge in [-0.05, 0) is 44.2 Å². The van der Waals surface area contributed by atoms with Crippen LogP contribution in [0.1, 0.15) is 22.4 Å². The van der Waals surface area contributed by atoms with E-state index in [4.69, 9.17) is 0 Å². The Kier molecular flexibility index (Phi) is 3.77. The summed E-state index contributed by atoms with van der Waals surface area (Å²) in [6, 6.07) is 4.86. The number of rotatable bonds is 4. The normalized spacial score (nSPS) is 10.9. The fourth-order valence-corrected chi connectivity index (χ4v) is 1.99. The summed E-state index contributed by atoms with van der Waals surface area (Å²) in [5.41, 5.74) is 4.23. The van der Waals surface area contributed by atoms with E-state index in [9.17, 15) is 4.39 Å². The zero-order valence-corrected chi connectivity index (χ0v) is 11.0. The standard InChI is InChI=1S/C14H18FN3/c1-10-4-5-14(15)6-12(10)8-18-9-13(7-16-3)11(2)17-18/h4-6,9,16H,7-8H2,1-3H3. The lowest BCUT2D eigenvalue weighted by molar-refractivity contribution is 0.617. The molecule has 1 heterocycles. The molecule has 0 bridgehead atoms. The topological polar surface area (TPSA) is 29.9 Å². The van der Waals surface area contributed by atoms with Crippen molar-refractivity contribution in [2.75, 3.05) is 7.05 Å². The van der Waals surface area contributed by atoms with Crippen molar-refractivity contribution in [3.63, 3.8) is 0 Å². The predicted octanol–water partition coefficient (Wildman–Crippen LogP) is 2.41. The maximum absolute atomic E-state index is 13.2. The number of nitrogens with one attached hydrogen (secondary N) is 1. The molecule has 0 unspecified atom stereocenters. The van der Waals surface area contributed by atoms with Crippen LogP contribution in [0.4, 0.5) is 4.39 Å². The summed E-state index contributed by atoms with van der Waals surface area (Å²) in [6.07, 6.45) is 2.01. The zero-order valence-electron chi connectivity index (χ0n) is 11.0. The molecule has 1 N–H and O–H groups in total. The van der Waals surface area contributed by atoms with Crippen molar-refractivity contribution < 1.29 is 4.39 Å². The molecular weight excluding hydrogens is 229 g/mol. The fourth-order valence-electron chi connectivity index (χ4n) is 1.99. The lowest BCUT2D eigenvalue weighted by Crippen LogP contribution is -2.05. The number of aryl methyl sites for hydroxylation is 2. The van der Waals surface area contributed by atoms with Crippen LogP contribution in [0.15, 0.2) is 24.4 Å². The molecule has 0 spiro atoms. The van der Waals surface area contributed by atoms with Crippen LogP contribution in [0.5, 0.6) is 0 Å². The minimum Gasteiger partial charge on any atom is -0.316 e. The van der Waals surface area contributed by atoms with Gasteiger partial charge in [0.2, 0.25) is 0 Å². The van der Waals surface area contributed by atoms with E-state index >= 15 is 0 Å². The Hall–Kier alpha value is -1.68. The van der Waals surface area contributed by atoms with E-state index in [1.165, 1.54) is 11.6 Å². The molecule has 0 amide bonds. The molecule has 0 saturated heterocycles. The molecule has 4 heteroatoms.